The first kappa shape index (κ1) is 35.9. The summed E-state index contributed by atoms with van der Waals surface area (Å²) in [5.74, 6) is 2.18. The van der Waals surface area contributed by atoms with Crippen LogP contribution in [0.3, 0.4) is 0 Å². The van der Waals surface area contributed by atoms with Crippen LogP contribution in [0.2, 0.25) is 0 Å². The molecule has 1 aromatic carbocycles. The SMILES string of the molecule is C=CC.CN(C)CCC(=O)NCC12CCCC1C1CCC3C4(C)CC=C(c5ccc(C(=O)O)cc5)C(C)(C)C4CCC3(C)[C@]1(C)CC2. The number of amides is 1. The van der Waals surface area contributed by atoms with Crippen LogP contribution in [0.5, 0.6) is 0 Å². The molecule has 260 valence electrons. The summed E-state index contributed by atoms with van der Waals surface area (Å²) in [5, 5.41) is 12.9. The molecular formula is C42H64N2O3. The second kappa shape index (κ2) is 13.1. The highest BCUT2D eigenvalue weighted by molar-refractivity contribution is 5.88. The number of benzene rings is 1. The maximum Gasteiger partial charge on any atom is 0.335 e. The third-order valence-electron chi connectivity index (χ3n) is 15.0. The number of nitrogens with one attached hydrogen (secondary N) is 1. The van der Waals surface area contributed by atoms with Crippen LogP contribution < -0.4 is 5.32 Å². The summed E-state index contributed by atoms with van der Waals surface area (Å²) < 4.78 is 0. The lowest BCUT2D eigenvalue weighted by Gasteiger charge is -2.72. The minimum atomic E-state index is -0.862. The van der Waals surface area contributed by atoms with Crippen LogP contribution in [0.4, 0.5) is 0 Å². The molecule has 0 aliphatic heterocycles. The Hall–Kier alpha value is -2.40. The number of carbonyl (C=O) groups excluding carboxylic acids is 1. The molecule has 5 aliphatic carbocycles. The van der Waals surface area contributed by atoms with Gasteiger partial charge in [0.1, 0.15) is 0 Å². The highest BCUT2D eigenvalue weighted by atomic mass is 16.4. The number of hydrogen-bond donors (Lipinski definition) is 2. The quantitative estimate of drug-likeness (QED) is 0.290. The van der Waals surface area contributed by atoms with E-state index in [1.165, 1.54) is 68.9 Å². The van der Waals surface area contributed by atoms with Crippen molar-refractivity contribution in [2.45, 2.75) is 112 Å². The summed E-state index contributed by atoms with van der Waals surface area (Å²) in [7, 11) is 4.08. The highest BCUT2D eigenvalue weighted by Crippen LogP contribution is 2.77. The molecule has 5 nitrogen and oxygen atoms in total. The number of aromatic carboxylic acids is 1. The predicted octanol–water partition coefficient (Wildman–Crippen LogP) is 9.49. The summed E-state index contributed by atoms with van der Waals surface area (Å²) in [6, 6.07) is 7.59. The lowest BCUT2D eigenvalue weighted by molar-refractivity contribution is -0.222. The van der Waals surface area contributed by atoms with Crippen molar-refractivity contribution in [3.8, 4) is 0 Å². The third kappa shape index (κ3) is 5.95. The van der Waals surface area contributed by atoms with E-state index in [4.69, 9.17) is 0 Å². The molecular weight excluding hydrogens is 580 g/mol. The van der Waals surface area contributed by atoms with Crippen molar-refractivity contribution >= 4 is 17.4 Å². The molecule has 0 heterocycles. The number of carboxylic acids is 1. The summed E-state index contributed by atoms with van der Waals surface area (Å²) in [6.45, 7) is 19.9. The Bertz CT molecular complexity index is 1360. The van der Waals surface area contributed by atoms with Gasteiger partial charge >= 0.3 is 5.97 Å². The highest BCUT2D eigenvalue weighted by Gasteiger charge is 2.69. The lowest BCUT2D eigenvalue weighted by atomic mass is 9.32. The number of carbonyl (C=O) groups is 2. The maximum absolute atomic E-state index is 12.8. The van der Waals surface area contributed by atoms with Crippen molar-refractivity contribution in [1.29, 1.82) is 0 Å². The van der Waals surface area contributed by atoms with E-state index in [2.05, 4.69) is 57.5 Å². The average Bonchev–Trinajstić information content (AvgIpc) is 3.44. The van der Waals surface area contributed by atoms with Crippen LogP contribution in [0.25, 0.3) is 5.57 Å². The van der Waals surface area contributed by atoms with Gasteiger partial charge in [-0.15, -0.1) is 6.58 Å². The van der Waals surface area contributed by atoms with E-state index in [1.807, 2.05) is 33.2 Å². The number of carboxylic acid groups (broad SMARTS) is 1. The first-order valence-corrected chi connectivity index (χ1v) is 18.6. The topological polar surface area (TPSA) is 69.6 Å². The van der Waals surface area contributed by atoms with Crippen LogP contribution in [0.15, 0.2) is 43.0 Å². The van der Waals surface area contributed by atoms with E-state index < -0.39 is 5.97 Å². The van der Waals surface area contributed by atoms with Crippen molar-refractivity contribution in [3.05, 3.63) is 54.1 Å². The summed E-state index contributed by atoms with van der Waals surface area (Å²) in [6.07, 6.45) is 17.8. The van der Waals surface area contributed by atoms with Gasteiger partial charge in [-0.1, -0.05) is 65.3 Å². The van der Waals surface area contributed by atoms with Gasteiger partial charge < -0.3 is 15.3 Å². The van der Waals surface area contributed by atoms with Gasteiger partial charge in [0.15, 0.2) is 0 Å². The summed E-state index contributed by atoms with van der Waals surface area (Å²) in [4.78, 5) is 26.4. The van der Waals surface area contributed by atoms with E-state index in [0.717, 1.165) is 31.3 Å². The normalized spacial score (nSPS) is 38.4. The zero-order valence-electron chi connectivity index (χ0n) is 30.9. The lowest BCUT2D eigenvalue weighted by Crippen LogP contribution is -2.65. The van der Waals surface area contributed by atoms with Crippen molar-refractivity contribution in [2.24, 2.45) is 50.7 Å². The molecule has 2 N–H and O–H groups in total. The van der Waals surface area contributed by atoms with Crippen molar-refractivity contribution in [1.82, 2.24) is 10.2 Å². The molecule has 0 bridgehead atoms. The van der Waals surface area contributed by atoms with Crippen LogP contribution in [0.1, 0.15) is 128 Å². The minimum Gasteiger partial charge on any atom is -0.478 e. The standard InChI is InChI=1S/C39H58N2O3.C3H6/c1-35(2)28(26-10-12-27(13-11-26)34(43)44)16-20-36(3)31(35)17-21-38(5)32(36)15-14-29-30-9-8-19-39(30,23-22-37(29,38)4)25-40-33(42)18-24-41(6)7;1-3-2/h10-13,16,29-32H,8-9,14-15,17-25H2,1-7H3,(H,40,42)(H,43,44);3H,1H2,2H3/t29?,30?,31?,32?,36?,37-,38?,39?;/m1./s1. The molecule has 47 heavy (non-hydrogen) atoms. The van der Waals surface area contributed by atoms with Gasteiger partial charge in [0.25, 0.3) is 0 Å². The molecule has 0 saturated heterocycles. The predicted molar refractivity (Wildman–Crippen MR) is 194 cm³/mol. The van der Waals surface area contributed by atoms with E-state index in [0.29, 0.717) is 40.1 Å². The first-order valence-electron chi connectivity index (χ1n) is 18.6. The molecule has 0 radical (unpaired) electrons. The first-order chi connectivity index (χ1) is 22.1. The van der Waals surface area contributed by atoms with Crippen molar-refractivity contribution < 1.29 is 14.7 Å². The Kier molecular flexibility index (Phi) is 10.0. The molecule has 1 amide bonds. The van der Waals surface area contributed by atoms with Gasteiger partial charge in [-0.2, -0.15) is 0 Å². The molecule has 8 atom stereocenters. The minimum absolute atomic E-state index is 0.0365. The molecule has 4 fully saturated rings. The second-order valence-electron chi connectivity index (χ2n) is 17.7. The van der Waals surface area contributed by atoms with E-state index >= 15 is 0 Å². The van der Waals surface area contributed by atoms with Crippen LogP contribution >= 0.6 is 0 Å². The monoisotopic (exact) mass is 644 g/mol. The number of nitrogens with zero attached hydrogens (tertiary/aromatic N) is 1. The van der Waals surface area contributed by atoms with Gasteiger partial charge in [-0.05, 0) is 153 Å². The van der Waals surface area contributed by atoms with Crippen LogP contribution in [-0.4, -0.2) is 49.1 Å². The molecule has 0 aromatic heterocycles. The Labute approximate surface area is 286 Å². The fraction of sp³-hybridized carbons (Fsp3) is 0.714. The van der Waals surface area contributed by atoms with Crippen molar-refractivity contribution in [2.75, 3.05) is 27.2 Å². The summed E-state index contributed by atoms with van der Waals surface area (Å²) >= 11 is 0. The maximum atomic E-state index is 12.8. The number of allylic oxidation sites excluding steroid dienone is 3. The fourth-order valence-electron chi connectivity index (χ4n) is 12.6. The van der Waals surface area contributed by atoms with Crippen LogP contribution in [0, 0.1) is 50.7 Å². The molecule has 5 heteroatoms. The van der Waals surface area contributed by atoms with Gasteiger partial charge in [0, 0.05) is 19.5 Å². The molecule has 1 aromatic rings. The van der Waals surface area contributed by atoms with E-state index in [1.54, 1.807) is 18.2 Å². The Morgan fingerprint density at radius 3 is 2.23 bits per heavy atom. The van der Waals surface area contributed by atoms with Crippen molar-refractivity contribution in [3.63, 3.8) is 0 Å². The Balaban J connectivity index is 0.00000139. The third-order valence-corrected chi connectivity index (χ3v) is 15.0. The van der Waals surface area contributed by atoms with Gasteiger partial charge in [0.05, 0.1) is 5.56 Å². The number of hydrogen-bond acceptors (Lipinski definition) is 3. The van der Waals surface area contributed by atoms with Gasteiger partial charge in [-0.25, -0.2) is 4.79 Å². The second-order valence-corrected chi connectivity index (χ2v) is 17.7. The molecule has 4 saturated carbocycles. The van der Waals surface area contributed by atoms with Crippen LogP contribution in [-0.2, 0) is 4.79 Å². The van der Waals surface area contributed by atoms with Gasteiger partial charge in [0.2, 0.25) is 5.91 Å². The van der Waals surface area contributed by atoms with E-state index in [-0.39, 0.29) is 16.7 Å². The molecule has 6 rings (SSSR count). The molecule has 7 unspecified atom stereocenters. The fourth-order valence-corrected chi connectivity index (χ4v) is 12.6. The zero-order chi connectivity index (χ0) is 34.4. The molecule has 0 spiro atoms. The van der Waals surface area contributed by atoms with Gasteiger partial charge in [-0.3, -0.25) is 4.79 Å². The number of fused-ring (bicyclic) bond motifs is 7. The summed E-state index contributed by atoms with van der Waals surface area (Å²) in [5.41, 5.74) is 4.22. The molecule has 5 aliphatic rings. The zero-order valence-corrected chi connectivity index (χ0v) is 30.9. The van der Waals surface area contributed by atoms with E-state index in [9.17, 15) is 14.7 Å². The number of rotatable bonds is 7. The Morgan fingerprint density at radius 2 is 1.60 bits per heavy atom. The largest absolute Gasteiger partial charge is 0.478 e. The Morgan fingerprint density at radius 1 is 0.915 bits per heavy atom. The average molecular weight is 645 g/mol. The smallest absolute Gasteiger partial charge is 0.335 e.